The van der Waals surface area contributed by atoms with Gasteiger partial charge in [0, 0.05) is 30.0 Å². The summed E-state index contributed by atoms with van der Waals surface area (Å²) in [6.07, 6.45) is 0.543. The van der Waals surface area contributed by atoms with Crippen LogP contribution in [0.1, 0.15) is 28.4 Å². The smallest absolute Gasteiger partial charge is 0.278 e. The largest absolute Gasteiger partial charge is 0.350 e. The fourth-order valence-electron chi connectivity index (χ4n) is 3.98. The first kappa shape index (κ1) is 24.2. The van der Waals surface area contributed by atoms with Gasteiger partial charge in [0.15, 0.2) is 0 Å². The lowest BCUT2D eigenvalue weighted by atomic mass is 10.1. The minimum Gasteiger partial charge on any atom is -0.350 e. The van der Waals surface area contributed by atoms with Crippen LogP contribution in [0.2, 0.25) is 0 Å². The Balaban J connectivity index is 1.44. The Morgan fingerprint density at radius 2 is 1.66 bits per heavy atom. The molecular weight excluding hydrogens is 462 g/mol. The Hall–Kier alpha value is -3.90. The Bertz CT molecular complexity index is 1290. The van der Waals surface area contributed by atoms with Gasteiger partial charge in [-0.3, -0.25) is 19.3 Å². The van der Waals surface area contributed by atoms with Crippen molar-refractivity contribution in [2.75, 3.05) is 23.3 Å². The zero-order chi connectivity index (χ0) is 24.9. The van der Waals surface area contributed by atoms with Crippen molar-refractivity contribution in [1.29, 1.82) is 0 Å². The summed E-state index contributed by atoms with van der Waals surface area (Å²) < 4.78 is 0. The van der Waals surface area contributed by atoms with E-state index in [-0.39, 0.29) is 23.2 Å². The highest BCUT2D eigenvalue weighted by atomic mass is 35.5. The minimum absolute atomic E-state index is 0.0405. The second kappa shape index (κ2) is 10.6. The molecule has 1 heterocycles. The Morgan fingerprint density at radius 3 is 2.31 bits per heavy atom. The second-order valence-corrected chi connectivity index (χ2v) is 8.66. The molecule has 3 aromatic rings. The molecule has 6 nitrogen and oxygen atoms in total. The van der Waals surface area contributed by atoms with Crippen LogP contribution in [-0.4, -0.2) is 35.7 Å². The third kappa shape index (κ3) is 5.28. The lowest BCUT2D eigenvalue weighted by molar-refractivity contribution is -0.137. The van der Waals surface area contributed by atoms with E-state index in [0.29, 0.717) is 24.2 Å². The molecule has 0 fully saturated rings. The molecule has 0 saturated carbocycles. The minimum atomic E-state index is -0.515. The Labute approximate surface area is 209 Å². The van der Waals surface area contributed by atoms with Crippen LogP contribution < -0.4 is 10.2 Å². The van der Waals surface area contributed by atoms with Crippen molar-refractivity contribution in [3.8, 4) is 0 Å². The molecule has 0 unspecified atom stereocenters. The number of halogens is 1. The molecule has 0 radical (unpaired) electrons. The molecule has 1 N–H and O–H groups in total. The Kier molecular flexibility index (Phi) is 7.32. The van der Waals surface area contributed by atoms with Crippen molar-refractivity contribution in [3.63, 3.8) is 0 Å². The molecule has 0 aromatic heterocycles. The number of amides is 3. The molecule has 3 aromatic carbocycles. The van der Waals surface area contributed by atoms with Gasteiger partial charge in [0.2, 0.25) is 0 Å². The van der Waals surface area contributed by atoms with E-state index in [1.165, 1.54) is 0 Å². The number of carbonyl (C=O) groups is 3. The van der Waals surface area contributed by atoms with Crippen molar-refractivity contribution in [3.05, 3.63) is 106 Å². The number of aryl methyl sites for hydroxylation is 1. The monoisotopic (exact) mass is 487 g/mol. The summed E-state index contributed by atoms with van der Waals surface area (Å²) in [6.45, 7) is 4.68. The molecule has 0 aliphatic carbocycles. The fourth-order valence-corrected chi connectivity index (χ4v) is 4.21. The average molecular weight is 488 g/mol. The number of anilines is 2. The van der Waals surface area contributed by atoms with Gasteiger partial charge in [0.1, 0.15) is 10.7 Å². The summed E-state index contributed by atoms with van der Waals surface area (Å²) >= 11 is 6.22. The molecule has 7 heteroatoms. The normalized spacial score (nSPS) is 13.4. The average Bonchev–Trinajstić information content (AvgIpc) is 3.07. The van der Waals surface area contributed by atoms with Gasteiger partial charge in [-0.05, 0) is 67.8 Å². The van der Waals surface area contributed by atoms with Crippen LogP contribution >= 0.6 is 11.6 Å². The highest BCUT2D eigenvalue weighted by molar-refractivity contribution is 6.48. The number of carbonyl (C=O) groups excluding carboxylic acids is 3. The van der Waals surface area contributed by atoms with Gasteiger partial charge >= 0.3 is 0 Å². The summed E-state index contributed by atoms with van der Waals surface area (Å²) in [5, 5.41) is 2.82. The maximum absolute atomic E-state index is 13.1. The summed E-state index contributed by atoms with van der Waals surface area (Å²) in [5.41, 5.74) is 4.04. The van der Waals surface area contributed by atoms with Crippen LogP contribution in [0.15, 0.2) is 89.6 Å². The Morgan fingerprint density at radius 1 is 0.943 bits per heavy atom. The van der Waals surface area contributed by atoms with E-state index in [4.69, 9.17) is 11.6 Å². The molecule has 0 spiro atoms. The molecule has 1 aliphatic heterocycles. The summed E-state index contributed by atoms with van der Waals surface area (Å²) in [4.78, 5) is 41.4. The van der Waals surface area contributed by atoms with Crippen molar-refractivity contribution in [2.24, 2.45) is 0 Å². The van der Waals surface area contributed by atoms with E-state index >= 15 is 0 Å². The summed E-state index contributed by atoms with van der Waals surface area (Å²) in [6, 6.07) is 24.2. The lowest BCUT2D eigenvalue weighted by Crippen LogP contribution is -2.34. The van der Waals surface area contributed by atoms with Crippen molar-refractivity contribution >= 4 is 40.7 Å². The van der Waals surface area contributed by atoms with Crippen molar-refractivity contribution in [1.82, 2.24) is 4.90 Å². The number of nitrogens with zero attached hydrogens (tertiary/aromatic N) is 2. The van der Waals surface area contributed by atoms with E-state index in [9.17, 15) is 14.4 Å². The number of imide groups is 1. The molecule has 178 valence electrons. The fraction of sp³-hybridized carbons (Fsp3) is 0.179. The van der Waals surface area contributed by atoms with Crippen LogP contribution in [-0.2, 0) is 16.0 Å². The lowest BCUT2D eigenvalue weighted by Gasteiger charge is -2.21. The van der Waals surface area contributed by atoms with Crippen LogP contribution in [0.4, 0.5) is 11.4 Å². The molecule has 0 atom stereocenters. The quantitative estimate of drug-likeness (QED) is 0.447. The number of nitrogens with one attached hydrogen (secondary N) is 1. The molecule has 35 heavy (non-hydrogen) atoms. The van der Waals surface area contributed by atoms with Gasteiger partial charge in [0.25, 0.3) is 17.7 Å². The molecule has 4 rings (SSSR count). The topological polar surface area (TPSA) is 69.7 Å². The van der Waals surface area contributed by atoms with Gasteiger partial charge in [0.05, 0.1) is 0 Å². The highest BCUT2D eigenvalue weighted by Gasteiger charge is 2.37. The van der Waals surface area contributed by atoms with Crippen LogP contribution in [0, 0.1) is 6.92 Å². The maximum Gasteiger partial charge on any atom is 0.278 e. The highest BCUT2D eigenvalue weighted by Crippen LogP contribution is 2.26. The van der Waals surface area contributed by atoms with Gasteiger partial charge in [-0.25, -0.2) is 0 Å². The van der Waals surface area contributed by atoms with Crippen LogP contribution in [0.5, 0.6) is 0 Å². The van der Waals surface area contributed by atoms with Crippen LogP contribution in [0.25, 0.3) is 0 Å². The number of hydrogen-bond donors (Lipinski definition) is 1. The third-order valence-corrected chi connectivity index (χ3v) is 6.20. The molecular formula is C28H26ClN3O3. The zero-order valence-corrected chi connectivity index (χ0v) is 20.4. The second-order valence-electron chi connectivity index (χ2n) is 8.28. The molecule has 0 saturated heterocycles. The van der Waals surface area contributed by atoms with Gasteiger partial charge in [-0.1, -0.05) is 54.1 Å². The SMILES string of the molecule is CCN(C(=O)c1ccc(NC2=C(Cl)C(=O)N(CCc3ccccc3)C2=O)cc1)c1cccc(C)c1. The van der Waals surface area contributed by atoms with Crippen LogP contribution in [0.3, 0.4) is 0 Å². The molecule has 3 amide bonds. The van der Waals surface area contributed by atoms with Gasteiger partial charge < -0.3 is 10.2 Å². The van der Waals surface area contributed by atoms with E-state index in [2.05, 4.69) is 5.32 Å². The van der Waals surface area contributed by atoms with Gasteiger partial charge in [-0.2, -0.15) is 0 Å². The van der Waals surface area contributed by atoms with Crippen molar-refractivity contribution in [2.45, 2.75) is 20.3 Å². The first-order valence-corrected chi connectivity index (χ1v) is 11.8. The number of rotatable bonds is 8. The third-order valence-electron chi connectivity index (χ3n) is 5.85. The van der Waals surface area contributed by atoms with E-state index < -0.39 is 11.8 Å². The number of hydrogen-bond acceptors (Lipinski definition) is 4. The van der Waals surface area contributed by atoms with E-state index in [0.717, 1.165) is 21.7 Å². The standard InChI is InChI=1S/C28H26ClN3O3/c1-3-31(23-11-7-8-19(2)18-23)26(33)21-12-14-22(15-13-21)30-25-24(29)27(34)32(28(25)35)17-16-20-9-5-4-6-10-20/h4-15,18,30H,3,16-17H2,1-2H3. The predicted molar refractivity (Wildman–Crippen MR) is 138 cm³/mol. The van der Waals surface area contributed by atoms with E-state index in [1.807, 2.05) is 68.4 Å². The first-order valence-electron chi connectivity index (χ1n) is 11.4. The van der Waals surface area contributed by atoms with Crippen molar-refractivity contribution < 1.29 is 14.4 Å². The van der Waals surface area contributed by atoms with Gasteiger partial charge in [-0.15, -0.1) is 0 Å². The number of benzene rings is 3. The summed E-state index contributed by atoms with van der Waals surface area (Å²) in [7, 11) is 0. The zero-order valence-electron chi connectivity index (χ0n) is 19.6. The first-order chi connectivity index (χ1) is 16.9. The molecule has 1 aliphatic rings. The van der Waals surface area contributed by atoms with E-state index in [1.54, 1.807) is 29.2 Å². The summed E-state index contributed by atoms with van der Waals surface area (Å²) in [5.74, 6) is -1.10. The maximum atomic E-state index is 13.1. The molecule has 0 bridgehead atoms. The predicted octanol–water partition coefficient (Wildman–Crippen LogP) is 5.14.